The van der Waals surface area contributed by atoms with Crippen LogP contribution in [0.5, 0.6) is 5.75 Å². The highest BCUT2D eigenvalue weighted by atomic mass is 32.2. The van der Waals surface area contributed by atoms with Gasteiger partial charge in [-0.2, -0.15) is 13.2 Å². The molecule has 0 spiro atoms. The minimum atomic E-state index is -4.64. The molecule has 6 nitrogen and oxygen atoms in total. The number of thiocarbonyl (C=S) groups is 2. The largest absolute Gasteiger partial charge is 0.506 e. The molecule has 1 aliphatic rings. The number of benzene rings is 2. The number of aromatic hydroxyl groups is 1. The number of nitrogens with zero attached hydrogens (tertiary/aromatic N) is 1. The summed E-state index contributed by atoms with van der Waals surface area (Å²) in [5.74, 6) is -2.39. The van der Waals surface area contributed by atoms with E-state index in [9.17, 15) is 27.9 Å². The van der Waals surface area contributed by atoms with Crippen molar-refractivity contribution in [1.82, 2.24) is 5.32 Å². The smallest absolute Gasteiger partial charge is 0.416 e. The first-order chi connectivity index (χ1) is 14.0. The van der Waals surface area contributed by atoms with Gasteiger partial charge in [-0.1, -0.05) is 42.3 Å². The van der Waals surface area contributed by atoms with Crippen LogP contribution in [-0.4, -0.2) is 36.6 Å². The van der Waals surface area contributed by atoms with Gasteiger partial charge in [-0.3, -0.25) is 9.69 Å². The van der Waals surface area contributed by atoms with Crippen LogP contribution >= 0.6 is 36.2 Å². The molecule has 1 saturated heterocycles. The number of phenolic OH excluding ortho intramolecular Hbond substituents is 1. The Kier molecular flexibility index (Phi) is 6.01. The molecule has 0 radical (unpaired) electrons. The monoisotopic (exact) mass is 472 g/mol. The van der Waals surface area contributed by atoms with Gasteiger partial charge in [0, 0.05) is 5.69 Å². The lowest BCUT2D eigenvalue weighted by atomic mass is 10.1. The summed E-state index contributed by atoms with van der Waals surface area (Å²) in [6.45, 7) is 0. The number of halogens is 3. The van der Waals surface area contributed by atoms with Crippen molar-refractivity contribution in [1.29, 1.82) is 0 Å². The van der Waals surface area contributed by atoms with E-state index in [0.29, 0.717) is 0 Å². The summed E-state index contributed by atoms with van der Waals surface area (Å²) in [7, 11) is 0. The molecular formula is C18H11F3N2O4S3. The van der Waals surface area contributed by atoms with Crippen molar-refractivity contribution in [3.8, 4) is 5.75 Å². The van der Waals surface area contributed by atoms with Crippen molar-refractivity contribution < 1.29 is 33.0 Å². The molecule has 0 saturated carbocycles. The van der Waals surface area contributed by atoms with Crippen molar-refractivity contribution in [2.45, 2.75) is 11.4 Å². The first kappa shape index (κ1) is 22.0. The Morgan fingerprint density at radius 2 is 1.90 bits per heavy atom. The van der Waals surface area contributed by atoms with E-state index in [1.807, 2.05) is 0 Å². The van der Waals surface area contributed by atoms with Crippen LogP contribution in [0.25, 0.3) is 0 Å². The number of thioether (sulfide) groups is 1. The van der Waals surface area contributed by atoms with Crippen LogP contribution in [0.4, 0.5) is 24.5 Å². The van der Waals surface area contributed by atoms with Gasteiger partial charge in [0.05, 0.1) is 16.8 Å². The average Bonchev–Trinajstić information content (AvgIpc) is 3.00. The molecule has 1 aliphatic heterocycles. The number of carboxylic acid groups (broad SMARTS) is 1. The zero-order valence-electron chi connectivity index (χ0n) is 14.6. The lowest BCUT2D eigenvalue weighted by Crippen LogP contribution is -2.38. The molecule has 0 aromatic heterocycles. The SMILES string of the molecule is O=C(O)c1ccc(N(C(=S)C2SC(=S)NC2=O)c2cccc(C(F)(F)F)c2)c(O)c1. The molecule has 1 fully saturated rings. The minimum absolute atomic E-state index is 0.0700. The van der Waals surface area contributed by atoms with E-state index >= 15 is 0 Å². The minimum Gasteiger partial charge on any atom is -0.506 e. The van der Waals surface area contributed by atoms with E-state index < -0.39 is 34.6 Å². The third-order valence-electron chi connectivity index (χ3n) is 4.03. The molecule has 3 rings (SSSR count). The molecule has 0 aliphatic carbocycles. The number of carbonyl (C=O) groups is 2. The van der Waals surface area contributed by atoms with Crippen LogP contribution < -0.4 is 10.2 Å². The standard InChI is InChI=1S/C18H11F3N2O4S3/c19-18(20,21)9-2-1-3-10(7-9)23(15(28)13-14(25)22-17(29)30-13)11-5-4-8(16(26)27)6-12(11)24/h1-7,13,24H,(H,26,27)(H,22,25,29). The van der Waals surface area contributed by atoms with E-state index in [1.54, 1.807) is 0 Å². The van der Waals surface area contributed by atoms with Crippen molar-refractivity contribution in [2.24, 2.45) is 0 Å². The number of anilines is 2. The number of phenols is 1. The molecule has 2 aromatic rings. The number of aromatic carboxylic acids is 1. The molecule has 30 heavy (non-hydrogen) atoms. The summed E-state index contributed by atoms with van der Waals surface area (Å²) in [5, 5.41) is 20.8. The lowest BCUT2D eigenvalue weighted by Gasteiger charge is -2.28. The number of alkyl halides is 3. The van der Waals surface area contributed by atoms with Crippen LogP contribution in [0.2, 0.25) is 0 Å². The zero-order chi connectivity index (χ0) is 22.2. The van der Waals surface area contributed by atoms with Crippen LogP contribution in [-0.2, 0) is 11.0 Å². The summed E-state index contributed by atoms with van der Waals surface area (Å²) in [6, 6.07) is 7.45. The fourth-order valence-corrected chi connectivity index (χ4v) is 4.28. The molecule has 1 heterocycles. The highest BCUT2D eigenvalue weighted by Crippen LogP contribution is 2.39. The maximum atomic E-state index is 13.2. The molecule has 0 bridgehead atoms. The van der Waals surface area contributed by atoms with E-state index in [2.05, 4.69) is 5.32 Å². The first-order valence-corrected chi connectivity index (χ1v) is 9.77. The van der Waals surface area contributed by atoms with Gasteiger partial charge in [-0.25, -0.2) is 4.79 Å². The second kappa shape index (κ2) is 8.20. The van der Waals surface area contributed by atoms with Crippen molar-refractivity contribution in [3.05, 3.63) is 53.6 Å². The molecular weight excluding hydrogens is 461 g/mol. The van der Waals surface area contributed by atoms with Gasteiger partial charge in [0.1, 0.15) is 20.3 Å². The average molecular weight is 472 g/mol. The van der Waals surface area contributed by atoms with Crippen molar-refractivity contribution >= 4 is 68.8 Å². The number of carboxylic acids is 1. The molecule has 1 unspecified atom stereocenters. The van der Waals surface area contributed by atoms with Gasteiger partial charge in [0.15, 0.2) is 0 Å². The number of amides is 1. The zero-order valence-corrected chi connectivity index (χ0v) is 17.1. The van der Waals surface area contributed by atoms with Crippen LogP contribution in [0.15, 0.2) is 42.5 Å². The van der Waals surface area contributed by atoms with E-state index in [1.165, 1.54) is 12.1 Å². The number of carbonyl (C=O) groups excluding carboxylic acids is 1. The predicted molar refractivity (Wildman–Crippen MR) is 113 cm³/mol. The number of nitrogens with one attached hydrogen (secondary N) is 1. The summed E-state index contributed by atoms with van der Waals surface area (Å²) in [5.41, 5.74) is -1.36. The highest BCUT2D eigenvalue weighted by Gasteiger charge is 2.38. The predicted octanol–water partition coefficient (Wildman–Crippen LogP) is 4.09. The van der Waals surface area contributed by atoms with Gasteiger partial charge in [-0.15, -0.1) is 0 Å². The van der Waals surface area contributed by atoms with Gasteiger partial charge >= 0.3 is 12.1 Å². The molecule has 2 aromatic carbocycles. The second-order valence-corrected chi connectivity index (χ2v) is 8.21. The summed E-state index contributed by atoms with van der Waals surface area (Å²) < 4.78 is 39.8. The molecule has 156 valence electrons. The Bertz CT molecular complexity index is 1070. The molecule has 3 N–H and O–H groups in total. The summed E-state index contributed by atoms with van der Waals surface area (Å²) in [4.78, 5) is 24.3. The maximum absolute atomic E-state index is 13.2. The van der Waals surface area contributed by atoms with Gasteiger partial charge in [0.2, 0.25) is 5.91 Å². The highest BCUT2D eigenvalue weighted by molar-refractivity contribution is 8.25. The van der Waals surface area contributed by atoms with Crippen molar-refractivity contribution in [3.63, 3.8) is 0 Å². The third-order valence-corrected chi connectivity index (χ3v) is 5.98. The van der Waals surface area contributed by atoms with E-state index in [4.69, 9.17) is 29.5 Å². The Morgan fingerprint density at radius 1 is 1.20 bits per heavy atom. The second-order valence-electron chi connectivity index (χ2n) is 6.00. The molecule has 12 heteroatoms. The quantitative estimate of drug-likeness (QED) is 0.574. The Labute approximate surface area is 182 Å². The van der Waals surface area contributed by atoms with Gasteiger partial charge in [-0.05, 0) is 36.4 Å². The Hall–Kier alpha value is -2.70. The summed E-state index contributed by atoms with van der Waals surface area (Å²) >= 11 is 11.2. The summed E-state index contributed by atoms with van der Waals surface area (Å²) in [6.07, 6.45) is -4.64. The molecule has 1 amide bonds. The lowest BCUT2D eigenvalue weighted by molar-refractivity contribution is -0.137. The fourth-order valence-electron chi connectivity index (χ4n) is 2.69. The van der Waals surface area contributed by atoms with E-state index in [0.717, 1.165) is 47.0 Å². The Balaban J connectivity index is 2.15. The van der Waals surface area contributed by atoms with Crippen molar-refractivity contribution in [2.75, 3.05) is 4.90 Å². The maximum Gasteiger partial charge on any atom is 0.416 e. The molecule has 1 atom stereocenters. The topological polar surface area (TPSA) is 89.9 Å². The van der Waals surface area contributed by atoms with Gasteiger partial charge in [0.25, 0.3) is 0 Å². The fraction of sp³-hybridized carbons (Fsp3) is 0.111. The van der Waals surface area contributed by atoms with Crippen LogP contribution in [0.1, 0.15) is 15.9 Å². The van der Waals surface area contributed by atoms with E-state index in [-0.39, 0.29) is 26.2 Å². The normalized spacial score (nSPS) is 16.3. The van der Waals surface area contributed by atoms with Crippen LogP contribution in [0.3, 0.4) is 0 Å². The van der Waals surface area contributed by atoms with Crippen LogP contribution in [0, 0.1) is 0 Å². The number of hydrogen-bond acceptors (Lipinski definition) is 6. The van der Waals surface area contributed by atoms with Gasteiger partial charge < -0.3 is 15.5 Å². The first-order valence-electron chi connectivity index (χ1n) is 8.08. The number of hydrogen-bond donors (Lipinski definition) is 3. The Morgan fingerprint density at radius 3 is 2.43 bits per heavy atom. The third kappa shape index (κ3) is 4.40. The number of rotatable bonds is 4.